The second-order valence-electron chi connectivity index (χ2n) is 26.1. The van der Waals surface area contributed by atoms with Gasteiger partial charge in [0, 0.05) is 12.8 Å². The van der Waals surface area contributed by atoms with E-state index in [2.05, 4.69) is 99.0 Å². The summed E-state index contributed by atoms with van der Waals surface area (Å²) in [6, 6.07) is -0.857. The predicted molar refractivity (Wildman–Crippen MR) is 378 cm³/mol. The molecule has 0 saturated heterocycles. The fourth-order valence-corrected chi connectivity index (χ4v) is 11.3. The summed E-state index contributed by atoms with van der Waals surface area (Å²) in [6.07, 6.45) is 88.8. The van der Waals surface area contributed by atoms with Crippen molar-refractivity contribution in [3.05, 3.63) is 85.1 Å². The van der Waals surface area contributed by atoms with Gasteiger partial charge in [-0.25, -0.2) is 4.57 Å². The van der Waals surface area contributed by atoms with E-state index in [1.54, 1.807) is 0 Å². The molecule has 0 rings (SSSR count). The summed E-state index contributed by atoms with van der Waals surface area (Å²) in [6.45, 7) is 6.99. The van der Waals surface area contributed by atoms with Gasteiger partial charge in [0.05, 0.1) is 33.8 Å². The Labute approximate surface area is 539 Å². The number of esters is 1. The summed E-state index contributed by atoms with van der Waals surface area (Å²) < 4.78 is 30.9. The number of unbranched alkanes of at least 4 members (excludes halogenated alkanes) is 39. The molecule has 3 atom stereocenters. The minimum atomic E-state index is -4.46. The van der Waals surface area contributed by atoms with Gasteiger partial charge in [0.2, 0.25) is 5.91 Å². The molecule has 0 heterocycles. The molecule has 87 heavy (non-hydrogen) atoms. The molecule has 3 unspecified atom stereocenters. The van der Waals surface area contributed by atoms with Crippen LogP contribution in [0.2, 0.25) is 0 Å². The Hall–Kier alpha value is -2.81. The van der Waals surface area contributed by atoms with E-state index in [0.29, 0.717) is 17.4 Å². The summed E-state index contributed by atoms with van der Waals surface area (Å²) >= 11 is 0. The molecule has 0 aliphatic heterocycles. The number of allylic oxidation sites excluding steroid dienone is 13. The third-order valence-electron chi connectivity index (χ3n) is 16.3. The molecule has 9 nitrogen and oxygen atoms in total. The second-order valence-corrected chi connectivity index (χ2v) is 27.6. The average molecular weight is 1240 g/mol. The van der Waals surface area contributed by atoms with Gasteiger partial charge < -0.3 is 19.4 Å². The Morgan fingerprint density at radius 2 is 0.701 bits per heavy atom. The number of amides is 1. The molecule has 0 aromatic heterocycles. The SMILES string of the molecule is CCCCC/C=C\C/C=C\C/C=C\CCCCCCCCCCCCCCCCC(=O)OC(/C=C\CCCCCCCCCCCCC)C(COP(=O)(O)OCC[N+](C)(C)C)NC(=O)CCCCCCCCCC/C=C\C/C=C\C/C=C\CCCCC. The van der Waals surface area contributed by atoms with Gasteiger partial charge in [-0.05, 0) is 109 Å². The number of rotatable bonds is 67. The van der Waals surface area contributed by atoms with Crippen LogP contribution in [-0.2, 0) is 27.9 Å². The Balaban J connectivity index is 5.06. The van der Waals surface area contributed by atoms with Crippen LogP contribution in [0.15, 0.2) is 85.1 Å². The van der Waals surface area contributed by atoms with Crippen LogP contribution in [0.3, 0.4) is 0 Å². The maximum absolute atomic E-state index is 13.6. The maximum atomic E-state index is 13.6. The van der Waals surface area contributed by atoms with Crippen LogP contribution >= 0.6 is 7.82 Å². The van der Waals surface area contributed by atoms with Crippen LogP contribution in [0.25, 0.3) is 0 Å². The van der Waals surface area contributed by atoms with Crippen LogP contribution in [0.1, 0.15) is 342 Å². The summed E-state index contributed by atoms with van der Waals surface area (Å²) in [5, 5.41) is 3.07. The lowest BCUT2D eigenvalue weighted by Crippen LogP contribution is -2.47. The highest BCUT2D eigenvalue weighted by atomic mass is 31.2. The highest BCUT2D eigenvalue weighted by Gasteiger charge is 2.30. The quantitative estimate of drug-likeness (QED) is 0.0205. The molecule has 506 valence electrons. The van der Waals surface area contributed by atoms with Crippen LogP contribution < -0.4 is 5.32 Å². The van der Waals surface area contributed by atoms with Crippen LogP contribution in [-0.4, -0.2) is 74.3 Å². The smallest absolute Gasteiger partial charge is 0.456 e. The Morgan fingerprint density at radius 3 is 1.07 bits per heavy atom. The van der Waals surface area contributed by atoms with Crippen molar-refractivity contribution in [1.29, 1.82) is 0 Å². The number of ether oxygens (including phenoxy) is 1. The fraction of sp³-hybridized carbons (Fsp3) is 0.792. The van der Waals surface area contributed by atoms with E-state index >= 15 is 0 Å². The summed E-state index contributed by atoms with van der Waals surface area (Å²) in [4.78, 5) is 38.0. The van der Waals surface area contributed by atoms with Gasteiger partial charge in [-0.1, -0.05) is 305 Å². The second kappa shape index (κ2) is 66.1. The van der Waals surface area contributed by atoms with Crippen molar-refractivity contribution in [2.24, 2.45) is 0 Å². The van der Waals surface area contributed by atoms with Crippen LogP contribution in [0.4, 0.5) is 0 Å². The van der Waals surface area contributed by atoms with E-state index in [-0.39, 0.29) is 31.5 Å². The average Bonchev–Trinajstić information content (AvgIpc) is 3.70. The number of nitrogens with zero attached hydrogens (tertiary/aromatic N) is 1. The fourth-order valence-electron chi connectivity index (χ4n) is 10.6. The van der Waals surface area contributed by atoms with Crippen molar-refractivity contribution < 1.29 is 37.3 Å². The minimum Gasteiger partial charge on any atom is -0.456 e. The van der Waals surface area contributed by atoms with E-state index in [9.17, 15) is 19.0 Å². The molecule has 0 aliphatic carbocycles. The Morgan fingerprint density at radius 1 is 0.402 bits per heavy atom. The topological polar surface area (TPSA) is 111 Å². The number of hydrogen-bond donors (Lipinski definition) is 2. The zero-order valence-electron chi connectivity index (χ0n) is 58.0. The highest BCUT2D eigenvalue weighted by Crippen LogP contribution is 2.43. The predicted octanol–water partition coefficient (Wildman–Crippen LogP) is 23.7. The third-order valence-corrected chi connectivity index (χ3v) is 17.3. The number of phosphoric ester groups is 1. The minimum absolute atomic E-state index is 0.0367. The summed E-state index contributed by atoms with van der Waals surface area (Å²) in [7, 11) is 1.49. The van der Waals surface area contributed by atoms with Gasteiger partial charge in [0.15, 0.2) is 0 Å². The zero-order chi connectivity index (χ0) is 63.5. The Bertz CT molecular complexity index is 1760. The molecule has 0 aromatic rings. The number of nitrogens with one attached hydrogen (secondary N) is 1. The molecule has 10 heteroatoms. The van der Waals surface area contributed by atoms with Crippen LogP contribution in [0, 0.1) is 0 Å². The molecule has 0 aliphatic rings. The van der Waals surface area contributed by atoms with Crippen molar-refractivity contribution in [2.75, 3.05) is 40.9 Å². The van der Waals surface area contributed by atoms with Gasteiger partial charge in [0.1, 0.15) is 19.3 Å². The number of likely N-dealkylation sites (N-methyl/N-ethyl adjacent to an activating group) is 1. The molecule has 0 radical (unpaired) electrons. The van der Waals surface area contributed by atoms with Gasteiger partial charge in [-0.15, -0.1) is 0 Å². The van der Waals surface area contributed by atoms with Gasteiger partial charge in [-0.3, -0.25) is 18.6 Å². The molecule has 0 bridgehead atoms. The first-order valence-corrected chi connectivity index (χ1v) is 38.4. The van der Waals surface area contributed by atoms with E-state index in [0.717, 1.165) is 96.3 Å². The van der Waals surface area contributed by atoms with Crippen molar-refractivity contribution in [3.63, 3.8) is 0 Å². The van der Waals surface area contributed by atoms with E-state index in [1.165, 1.54) is 212 Å². The molecule has 1 amide bonds. The van der Waals surface area contributed by atoms with Crippen molar-refractivity contribution >= 4 is 19.7 Å². The number of quaternary nitrogens is 1. The number of carbonyl (C=O) groups is 2. The molecular formula is C77H142N2O7P+. The van der Waals surface area contributed by atoms with E-state index in [1.807, 2.05) is 33.3 Å². The molecule has 2 N–H and O–H groups in total. The lowest BCUT2D eigenvalue weighted by Gasteiger charge is -2.27. The number of hydrogen-bond acceptors (Lipinski definition) is 6. The normalized spacial score (nSPS) is 14.0. The monoisotopic (exact) mass is 1240 g/mol. The standard InChI is InChI=1S/C77H141N2O7P/c1-7-10-13-16-19-22-25-28-30-32-34-36-37-38-39-40-41-43-45-47-49-52-55-58-61-64-67-70-77(81)86-75(68-65-62-59-56-53-50-27-24-21-18-15-12-9-3)74(73-85-87(82,83)84-72-71-79(4,5)6)78-76(80)69-66-63-60-57-54-51-48-46-44-42-35-33-31-29-26-23-20-17-14-11-8-2/h19-20,22-23,28-31,34-36,42,65,68,74-75H,7-18,21,24-27,32-33,37-41,43-64,66-67,69-73H2,1-6H3,(H-,78,80,82,83)/p+1/b22-19-,23-20-,30-28-,31-29-,36-34-,42-35-,68-65-. The molecule has 0 aromatic carbocycles. The summed E-state index contributed by atoms with van der Waals surface area (Å²) in [5.74, 6) is -0.505. The zero-order valence-corrected chi connectivity index (χ0v) is 58.9. The number of phosphoric acid groups is 1. The van der Waals surface area contributed by atoms with Gasteiger partial charge >= 0.3 is 13.8 Å². The van der Waals surface area contributed by atoms with Gasteiger partial charge in [0.25, 0.3) is 0 Å². The van der Waals surface area contributed by atoms with Crippen molar-refractivity contribution in [2.45, 2.75) is 354 Å². The first-order chi connectivity index (χ1) is 42.4. The Kier molecular flexibility index (Phi) is 64.0. The lowest BCUT2D eigenvalue weighted by atomic mass is 10.0. The van der Waals surface area contributed by atoms with E-state index < -0.39 is 20.0 Å². The van der Waals surface area contributed by atoms with Crippen molar-refractivity contribution in [3.8, 4) is 0 Å². The largest absolute Gasteiger partial charge is 0.472 e. The van der Waals surface area contributed by atoms with E-state index in [4.69, 9.17) is 13.8 Å². The maximum Gasteiger partial charge on any atom is 0.472 e. The van der Waals surface area contributed by atoms with Crippen molar-refractivity contribution in [1.82, 2.24) is 5.32 Å². The third kappa shape index (κ3) is 67.4. The molecule has 0 fully saturated rings. The number of carbonyl (C=O) groups excluding carboxylic acids is 2. The first kappa shape index (κ1) is 84.2. The highest BCUT2D eigenvalue weighted by molar-refractivity contribution is 7.47. The molecule has 0 saturated carbocycles. The first-order valence-electron chi connectivity index (χ1n) is 36.9. The van der Waals surface area contributed by atoms with Gasteiger partial charge in [-0.2, -0.15) is 0 Å². The molecular weight excluding hydrogens is 1100 g/mol. The lowest BCUT2D eigenvalue weighted by molar-refractivity contribution is -0.870. The molecule has 0 spiro atoms. The summed E-state index contributed by atoms with van der Waals surface area (Å²) in [5.41, 5.74) is 0. The van der Waals surface area contributed by atoms with Crippen LogP contribution in [0.5, 0.6) is 0 Å².